The van der Waals surface area contributed by atoms with Crippen LogP contribution in [0.2, 0.25) is 10.0 Å². The van der Waals surface area contributed by atoms with Crippen LogP contribution in [0, 0.1) is 6.92 Å². The molecule has 4 nitrogen and oxygen atoms in total. The third-order valence-electron chi connectivity index (χ3n) is 4.54. The number of nitrogens with zero attached hydrogens (tertiary/aromatic N) is 1. The maximum Gasteiger partial charge on any atom is 0.264 e. The van der Waals surface area contributed by atoms with Crippen molar-refractivity contribution in [2.24, 2.45) is 4.99 Å². The number of amidine groups is 1. The Morgan fingerprint density at radius 2 is 1.68 bits per heavy atom. The van der Waals surface area contributed by atoms with Crippen LogP contribution in [0.15, 0.2) is 76.6 Å². The zero-order valence-corrected chi connectivity index (χ0v) is 18.9. The molecule has 156 valence electrons. The SMILES string of the molecule is Cc1ccc(N=C2NC(=O)/C(=C/c3ccc(OCc4c(Cl)cccc4Cl)cc3)S2)cc1. The van der Waals surface area contributed by atoms with Gasteiger partial charge in [-0.2, -0.15) is 0 Å². The van der Waals surface area contributed by atoms with Gasteiger partial charge in [0, 0.05) is 15.6 Å². The molecule has 0 bridgehead atoms. The van der Waals surface area contributed by atoms with Crippen molar-refractivity contribution in [3.8, 4) is 5.75 Å². The van der Waals surface area contributed by atoms with Gasteiger partial charge in [-0.05, 0) is 66.7 Å². The molecule has 1 amide bonds. The first-order valence-electron chi connectivity index (χ1n) is 9.50. The lowest BCUT2D eigenvalue weighted by molar-refractivity contribution is -0.115. The molecule has 0 radical (unpaired) electrons. The number of hydrogen-bond acceptors (Lipinski definition) is 4. The van der Waals surface area contributed by atoms with Crippen molar-refractivity contribution in [2.45, 2.75) is 13.5 Å². The third kappa shape index (κ3) is 5.50. The molecule has 0 saturated carbocycles. The summed E-state index contributed by atoms with van der Waals surface area (Å²) in [6.45, 7) is 2.29. The van der Waals surface area contributed by atoms with Crippen LogP contribution in [0.1, 0.15) is 16.7 Å². The first-order valence-corrected chi connectivity index (χ1v) is 11.1. The number of halogens is 2. The van der Waals surface area contributed by atoms with Crippen molar-refractivity contribution in [3.63, 3.8) is 0 Å². The Balaban J connectivity index is 1.42. The summed E-state index contributed by atoms with van der Waals surface area (Å²) in [7, 11) is 0. The second kappa shape index (κ2) is 9.60. The summed E-state index contributed by atoms with van der Waals surface area (Å²) in [5.74, 6) is 0.521. The van der Waals surface area contributed by atoms with Gasteiger partial charge in [-0.15, -0.1) is 0 Å². The summed E-state index contributed by atoms with van der Waals surface area (Å²) in [6.07, 6.45) is 1.83. The van der Waals surface area contributed by atoms with Crippen LogP contribution in [0.5, 0.6) is 5.75 Å². The van der Waals surface area contributed by atoms with E-state index >= 15 is 0 Å². The average molecular weight is 469 g/mol. The Labute approximate surface area is 194 Å². The number of hydrogen-bond donors (Lipinski definition) is 1. The minimum absolute atomic E-state index is 0.162. The molecule has 3 aromatic carbocycles. The molecule has 1 heterocycles. The first kappa shape index (κ1) is 21.5. The van der Waals surface area contributed by atoms with E-state index in [9.17, 15) is 4.79 Å². The molecular weight excluding hydrogens is 451 g/mol. The fourth-order valence-electron chi connectivity index (χ4n) is 2.85. The smallest absolute Gasteiger partial charge is 0.264 e. The number of thioether (sulfide) groups is 1. The molecule has 0 spiro atoms. The van der Waals surface area contributed by atoms with Gasteiger partial charge in [-0.3, -0.25) is 4.79 Å². The monoisotopic (exact) mass is 468 g/mol. The van der Waals surface area contributed by atoms with E-state index in [2.05, 4.69) is 10.3 Å². The van der Waals surface area contributed by atoms with Crippen molar-refractivity contribution in [1.82, 2.24) is 5.32 Å². The fourth-order valence-corrected chi connectivity index (χ4v) is 4.20. The molecule has 1 aliphatic rings. The van der Waals surface area contributed by atoms with Crippen molar-refractivity contribution in [1.29, 1.82) is 0 Å². The van der Waals surface area contributed by atoms with Gasteiger partial charge in [0.25, 0.3) is 5.91 Å². The standard InChI is InChI=1S/C24H18Cl2N2O2S/c1-15-5-9-17(10-6-15)27-24-28-23(29)22(31-24)13-16-7-11-18(12-8-16)30-14-19-20(25)3-2-4-21(19)26/h2-13H,14H2,1H3,(H,27,28,29)/b22-13-. The van der Waals surface area contributed by atoms with E-state index < -0.39 is 0 Å². The Kier molecular flexibility index (Phi) is 6.66. The van der Waals surface area contributed by atoms with E-state index in [1.807, 2.05) is 61.5 Å². The molecule has 0 atom stereocenters. The van der Waals surface area contributed by atoms with Gasteiger partial charge in [0.2, 0.25) is 0 Å². The minimum Gasteiger partial charge on any atom is -0.489 e. The van der Waals surface area contributed by atoms with Crippen LogP contribution in [0.4, 0.5) is 5.69 Å². The quantitative estimate of drug-likeness (QED) is 0.420. The van der Waals surface area contributed by atoms with E-state index in [4.69, 9.17) is 27.9 Å². The van der Waals surface area contributed by atoms with Gasteiger partial charge in [-0.1, -0.05) is 59.1 Å². The number of rotatable bonds is 5. The van der Waals surface area contributed by atoms with E-state index in [1.165, 1.54) is 11.8 Å². The number of aliphatic imine (C=N–C) groups is 1. The Morgan fingerprint density at radius 3 is 2.35 bits per heavy atom. The second-order valence-electron chi connectivity index (χ2n) is 6.88. The predicted octanol–water partition coefficient (Wildman–Crippen LogP) is 6.77. The van der Waals surface area contributed by atoms with Crippen LogP contribution in [-0.2, 0) is 11.4 Å². The molecule has 3 aromatic rings. The number of amides is 1. The topological polar surface area (TPSA) is 50.7 Å². The zero-order chi connectivity index (χ0) is 21.8. The van der Waals surface area contributed by atoms with E-state index in [0.717, 1.165) is 22.4 Å². The minimum atomic E-state index is -0.162. The average Bonchev–Trinajstić information content (AvgIpc) is 3.09. The molecule has 0 aromatic heterocycles. The Morgan fingerprint density at radius 1 is 1.00 bits per heavy atom. The second-order valence-corrected chi connectivity index (χ2v) is 8.72. The molecular formula is C24H18Cl2N2O2S. The normalized spacial score (nSPS) is 16.0. The van der Waals surface area contributed by atoms with Gasteiger partial charge in [0.05, 0.1) is 10.6 Å². The molecule has 4 rings (SSSR count). The zero-order valence-electron chi connectivity index (χ0n) is 16.6. The van der Waals surface area contributed by atoms with Gasteiger partial charge in [-0.25, -0.2) is 4.99 Å². The van der Waals surface area contributed by atoms with Crippen LogP contribution >= 0.6 is 35.0 Å². The van der Waals surface area contributed by atoms with Gasteiger partial charge in [0.15, 0.2) is 5.17 Å². The highest BCUT2D eigenvalue weighted by atomic mass is 35.5. The lowest BCUT2D eigenvalue weighted by atomic mass is 10.2. The van der Waals surface area contributed by atoms with Crippen LogP contribution in [-0.4, -0.2) is 11.1 Å². The maximum atomic E-state index is 12.3. The van der Waals surface area contributed by atoms with Gasteiger partial charge < -0.3 is 10.1 Å². The summed E-state index contributed by atoms with van der Waals surface area (Å²) < 4.78 is 5.80. The van der Waals surface area contributed by atoms with Crippen molar-refractivity contribution in [2.75, 3.05) is 0 Å². The van der Waals surface area contributed by atoms with Crippen LogP contribution in [0.3, 0.4) is 0 Å². The highest BCUT2D eigenvalue weighted by Gasteiger charge is 2.23. The summed E-state index contributed by atoms with van der Waals surface area (Å²) >= 11 is 13.7. The lowest BCUT2D eigenvalue weighted by Crippen LogP contribution is -2.19. The molecule has 0 unspecified atom stereocenters. The summed E-state index contributed by atoms with van der Waals surface area (Å²) in [5.41, 5.74) is 3.60. The van der Waals surface area contributed by atoms with Gasteiger partial charge in [0.1, 0.15) is 12.4 Å². The highest BCUT2D eigenvalue weighted by molar-refractivity contribution is 8.18. The van der Waals surface area contributed by atoms with Crippen molar-refractivity contribution < 1.29 is 9.53 Å². The Bertz CT molecular complexity index is 1150. The number of benzene rings is 3. The lowest BCUT2D eigenvalue weighted by Gasteiger charge is -2.09. The molecule has 0 aliphatic carbocycles. The Hall–Kier alpha value is -2.73. The highest BCUT2D eigenvalue weighted by Crippen LogP contribution is 2.29. The number of carbonyl (C=O) groups is 1. The number of carbonyl (C=O) groups excluding carboxylic acids is 1. The molecule has 7 heteroatoms. The van der Waals surface area contributed by atoms with Crippen molar-refractivity contribution in [3.05, 3.63) is 98.4 Å². The molecule has 1 saturated heterocycles. The van der Waals surface area contributed by atoms with Gasteiger partial charge >= 0.3 is 0 Å². The first-order chi connectivity index (χ1) is 15.0. The van der Waals surface area contributed by atoms with E-state index in [0.29, 0.717) is 25.9 Å². The molecule has 1 N–H and O–H groups in total. The summed E-state index contributed by atoms with van der Waals surface area (Å²) in [5, 5.41) is 4.51. The van der Waals surface area contributed by atoms with E-state index in [-0.39, 0.29) is 12.5 Å². The maximum absolute atomic E-state index is 12.3. The predicted molar refractivity (Wildman–Crippen MR) is 129 cm³/mol. The van der Waals surface area contributed by atoms with Crippen LogP contribution in [0.25, 0.3) is 6.08 Å². The largest absolute Gasteiger partial charge is 0.489 e. The molecule has 1 aliphatic heterocycles. The summed E-state index contributed by atoms with van der Waals surface area (Å²) in [6, 6.07) is 20.6. The fraction of sp³-hybridized carbons (Fsp3) is 0.0833. The van der Waals surface area contributed by atoms with Crippen LogP contribution < -0.4 is 10.1 Å². The van der Waals surface area contributed by atoms with E-state index in [1.54, 1.807) is 18.2 Å². The molecule has 31 heavy (non-hydrogen) atoms. The molecule has 1 fully saturated rings. The number of ether oxygens (including phenoxy) is 1. The number of nitrogens with one attached hydrogen (secondary N) is 1. The number of aryl methyl sites for hydroxylation is 1. The summed E-state index contributed by atoms with van der Waals surface area (Å²) in [4.78, 5) is 17.4. The third-order valence-corrected chi connectivity index (χ3v) is 6.16. The van der Waals surface area contributed by atoms with Crippen molar-refractivity contribution >= 4 is 57.8 Å².